The highest BCUT2D eigenvalue weighted by molar-refractivity contribution is 9.09. The molecule has 5 heteroatoms. The Morgan fingerprint density at radius 2 is 1.81 bits per heavy atom. The van der Waals surface area contributed by atoms with Crippen molar-refractivity contribution < 1.29 is 19.0 Å². The van der Waals surface area contributed by atoms with Crippen LogP contribution in [0.25, 0.3) is 0 Å². The Bertz CT molecular complexity index is 214. The molecule has 0 rings (SSSR count). The molecule has 0 aliphatic rings. The van der Waals surface area contributed by atoms with Gasteiger partial charge >= 0.3 is 5.97 Å². The van der Waals surface area contributed by atoms with E-state index in [1.807, 2.05) is 13.8 Å². The second-order valence-corrected chi connectivity index (χ2v) is 5.20. The molecule has 4 nitrogen and oxygen atoms in total. The number of methoxy groups -OCH3 is 2. The number of hydrogen-bond acceptors (Lipinski definition) is 4. The van der Waals surface area contributed by atoms with Crippen LogP contribution in [0.4, 0.5) is 0 Å². The summed E-state index contributed by atoms with van der Waals surface area (Å²) in [6.07, 6.45) is -0.0654. The molecule has 0 fully saturated rings. The van der Waals surface area contributed by atoms with Crippen molar-refractivity contribution in [3.63, 3.8) is 0 Å². The minimum atomic E-state index is -0.385. The van der Waals surface area contributed by atoms with Crippen LogP contribution in [-0.4, -0.2) is 37.9 Å². The lowest BCUT2D eigenvalue weighted by atomic mass is 9.85. The van der Waals surface area contributed by atoms with E-state index < -0.39 is 0 Å². The molecule has 1 unspecified atom stereocenters. The third-order valence-corrected chi connectivity index (χ3v) is 4.03. The highest BCUT2D eigenvalue weighted by atomic mass is 79.9. The summed E-state index contributed by atoms with van der Waals surface area (Å²) >= 11 is 3.51. The average Bonchev–Trinajstić information content (AvgIpc) is 2.18. The molecule has 0 aromatic heterocycles. The summed E-state index contributed by atoms with van der Waals surface area (Å²) in [4.78, 5) is 11.4. The summed E-state index contributed by atoms with van der Waals surface area (Å²) in [5, 5.41) is 0. The second-order valence-electron chi connectivity index (χ2n) is 4.21. The fourth-order valence-corrected chi connectivity index (χ4v) is 1.98. The number of halogens is 1. The second kappa shape index (κ2) is 7.25. The zero-order chi connectivity index (χ0) is 12.8. The number of carbonyl (C=O) groups is 1. The Morgan fingerprint density at radius 3 is 2.19 bits per heavy atom. The molecule has 0 amide bonds. The first-order chi connectivity index (χ1) is 7.38. The molecule has 0 N–H and O–H groups in total. The van der Waals surface area contributed by atoms with Crippen molar-refractivity contribution in [2.75, 3.05) is 20.8 Å². The van der Waals surface area contributed by atoms with Crippen molar-refractivity contribution >= 4 is 21.9 Å². The number of ether oxygens (including phenoxy) is 3. The maximum Gasteiger partial charge on any atom is 0.306 e. The van der Waals surface area contributed by atoms with Crippen molar-refractivity contribution in [1.82, 2.24) is 0 Å². The standard InChI is InChI=1S/C11H21BrO4/c1-6-16-8(13)7-11(2,3)9(12)10(14-4)15-5/h9-10H,6-7H2,1-5H3. The molecule has 16 heavy (non-hydrogen) atoms. The van der Waals surface area contributed by atoms with Crippen molar-refractivity contribution in [2.45, 2.75) is 38.3 Å². The highest BCUT2D eigenvalue weighted by Gasteiger charge is 2.36. The summed E-state index contributed by atoms with van der Waals surface area (Å²) in [6.45, 7) is 6.13. The van der Waals surface area contributed by atoms with Crippen molar-refractivity contribution in [3.8, 4) is 0 Å². The lowest BCUT2D eigenvalue weighted by Crippen LogP contribution is -2.39. The number of hydrogen-bond donors (Lipinski definition) is 0. The van der Waals surface area contributed by atoms with Crippen LogP contribution in [0.5, 0.6) is 0 Å². The molecule has 96 valence electrons. The maximum absolute atomic E-state index is 11.4. The molecule has 0 aromatic carbocycles. The van der Waals surface area contributed by atoms with Crippen LogP contribution < -0.4 is 0 Å². The molecular formula is C11H21BrO4. The molecule has 0 aliphatic heterocycles. The molecule has 0 heterocycles. The van der Waals surface area contributed by atoms with E-state index in [1.54, 1.807) is 21.1 Å². The third-order valence-electron chi connectivity index (χ3n) is 2.36. The zero-order valence-electron chi connectivity index (χ0n) is 10.6. The average molecular weight is 297 g/mol. The van der Waals surface area contributed by atoms with Crippen LogP contribution in [0.2, 0.25) is 0 Å². The fourth-order valence-electron chi connectivity index (χ4n) is 1.39. The van der Waals surface area contributed by atoms with Crippen LogP contribution in [-0.2, 0) is 19.0 Å². The van der Waals surface area contributed by atoms with Gasteiger partial charge in [-0.2, -0.15) is 0 Å². The number of alkyl halides is 1. The molecule has 0 bridgehead atoms. The van der Waals surface area contributed by atoms with Gasteiger partial charge in [0.1, 0.15) is 0 Å². The van der Waals surface area contributed by atoms with Crippen LogP contribution in [0, 0.1) is 5.41 Å². The van der Waals surface area contributed by atoms with Gasteiger partial charge in [0.05, 0.1) is 17.9 Å². The maximum atomic E-state index is 11.4. The van der Waals surface area contributed by atoms with Gasteiger partial charge in [0.25, 0.3) is 0 Å². The predicted molar refractivity (Wildman–Crippen MR) is 65.6 cm³/mol. The molecule has 0 aliphatic carbocycles. The summed E-state index contributed by atoms with van der Waals surface area (Å²) in [6, 6.07) is 0. The summed E-state index contributed by atoms with van der Waals surface area (Å²) in [7, 11) is 3.14. The highest BCUT2D eigenvalue weighted by Crippen LogP contribution is 2.34. The SMILES string of the molecule is CCOC(=O)CC(C)(C)C(Br)C(OC)OC. The molecule has 0 saturated carbocycles. The van der Waals surface area contributed by atoms with Gasteiger partial charge < -0.3 is 14.2 Å². The van der Waals surface area contributed by atoms with Crippen LogP contribution >= 0.6 is 15.9 Å². The monoisotopic (exact) mass is 296 g/mol. The Kier molecular flexibility index (Phi) is 7.19. The zero-order valence-corrected chi connectivity index (χ0v) is 12.2. The van der Waals surface area contributed by atoms with E-state index in [4.69, 9.17) is 14.2 Å². The van der Waals surface area contributed by atoms with E-state index in [2.05, 4.69) is 15.9 Å². The number of rotatable bonds is 7. The Labute approximate surface area is 106 Å². The van der Waals surface area contributed by atoms with Crippen molar-refractivity contribution in [2.24, 2.45) is 5.41 Å². The van der Waals surface area contributed by atoms with Crippen LogP contribution in [0.3, 0.4) is 0 Å². The fraction of sp³-hybridized carbons (Fsp3) is 0.909. The number of carbonyl (C=O) groups excluding carboxylic acids is 1. The van der Waals surface area contributed by atoms with Gasteiger partial charge in [-0.05, 0) is 12.3 Å². The minimum absolute atomic E-state index is 0.0839. The van der Waals surface area contributed by atoms with Gasteiger partial charge in [-0.25, -0.2) is 0 Å². The summed E-state index contributed by atoms with van der Waals surface area (Å²) in [5.74, 6) is -0.206. The first-order valence-electron chi connectivity index (χ1n) is 5.24. The molecule has 0 radical (unpaired) electrons. The third kappa shape index (κ3) is 4.80. The van der Waals surface area contributed by atoms with Gasteiger partial charge in [0, 0.05) is 14.2 Å². The van der Waals surface area contributed by atoms with Crippen molar-refractivity contribution in [3.05, 3.63) is 0 Å². The van der Waals surface area contributed by atoms with Crippen molar-refractivity contribution in [1.29, 1.82) is 0 Å². The van der Waals surface area contributed by atoms with Crippen LogP contribution in [0.15, 0.2) is 0 Å². The topological polar surface area (TPSA) is 44.8 Å². The van der Waals surface area contributed by atoms with E-state index in [0.29, 0.717) is 13.0 Å². The van der Waals surface area contributed by atoms with E-state index >= 15 is 0 Å². The molecule has 1 atom stereocenters. The Hall–Kier alpha value is -0.130. The van der Waals surface area contributed by atoms with E-state index in [0.717, 1.165) is 0 Å². The van der Waals surface area contributed by atoms with Gasteiger partial charge in [0.15, 0.2) is 6.29 Å². The Morgan fingerprint density at radius 1 is 1.31 bits per heavy atom. The Balaban J connectivity index is 4.45. The van der Waals surface area contributed by atoms with Gasteiger partial charge in [0.2, 0.25) is 0 Å². The summed E-state index contributed by atoms with van der Waals surface area (Å²) in [5.41, 5.74) is -0.303. The summed E-state index contributed by atoms with van der Waals surface area (Å²) < 4.78 is 15.3. The van der Waals surface area contributed by atoms with Gasteiger partial charge in [-0.3, -0.25) is 4.79 Å². The molecule has 0 spiro atoms. The first-order valence-corrected chi connectivity index (χ1v) is 6.15. The van der Waals surface area contributed by atoms with E-state index in [-0.39, 0.29) is 22.5 Å². The van der Waals surface area contributed by atoms with Gasteiger partial charge in [-0.1, -0.05) is 29.8 Å². The van der Waals surface area contributed by atoms with Crippen LogP contribution in [0.1, 0.15) is 27.2 Å². The molecular weight excluding hydrogens is 276 g/mol. The lowest BCUT2D eigenvalue weighted by Gasteiger charge is -2.33. The van der Waals surface area contributed by atoms with E-state index in [1.165, 1.54) is 0 Å². The first kappa shape index (κ1) is 15.9. The van der Waals surface area contributed by atoms with Gasteiger partial charge in [-0.15, -0.1) is 0 Å². The largest absolute Gasteiger partial charge is 0.466 e. The molecule has 0 aromatic rings. The quantitative estimate of drug-likeness (QED) is 0.411. The lowest BCUT2D eigenvalue weighted by molar-refractivity contribution is -0.148. The number of esters is 1. The van der Waals surface area contributed by atoms with E-state index in [9.17, 15) is 4.79 Å². The smallest absolute Gasteiger partial charge is 0.306 e. The minimum Gasteiger partial charge on any atom is -0.466 e. The molecule has 0 saturated heterocycles. The predicted octanol–water partition coefficient (Wildman–Crippen LogP) is 2.35. The normalized spacial score (nSPS) is 13.9.